The highest BCUT2D eigenvalue weighted by molar-refractivity contribution is 5.85. The van der Waals surface area contributed by atoms with Gasteiger partial charge in [0.15, 0.2) is 0 Å². The minimum Gasteiger partial charge on any atom is -0.273 e. The summed E-state index contributed by atoms with van der Waals surface area (Å²) in [5.41, 5.74) is 5.08. The van der Waals surface area contributed by atoms with E-state index in [2.05, 4.69) is 10.4 Å². The summed E-state index contributed by atoms with van der Waals surface area (Å²) in [6.45, 7) is 0. The summed E-state index contributed by atoms with van der Waals surface area (Å²) in [6.07, 6.45) is 1.57. The molecule has 0 aliphatic rings. The van der Waals surface area contributed by atoms with E-state index in [1.165, 1.54) is 6.33 Å². The number of carbonyl (C=O) groups is 1. The Kier molecular flexibility index (Phi) is 4.97. The second-order valence-electron chi connectivity index (χ2n) is 6.55. The molecule has 5 nitrogen and oxygen atoms in total. The van der Waals surface area contributed by atoms with Gasteiger partial charge in [0.2, 0.25) is 5.91 Å². The van der Waals surface area contributed by atoms with Crippen molar-refractivity contribution >= 4 is 16.8 Å². The molecule has 0 fully saturated rings. The summed E-state index contributed by atoms with van der Waals surface area (Å²) >= 11 is 0. The van der Waals surface area contributed by atoms with E-state index in [-0.39, 0.29) is 23.8 Å². The van der Waals surface area contributed by atoms with Crippen molar-refractivity contribution in [3.05, 3.63) is 113 Å². The van der Waals surface area contributed by atoms with Gasteiger partial charge in [0.25, 0.3) is 5.56 Å². The molecule has 0 radical (unpaired) electrons. The van der Waals surface area contributed by atoms with Crippen LogP contribution in [0.15, 0.2) is 96.1 Å². The van der Waals surface area contributed by atoms with Crippen molar-refractivity contribution in [3.63, 3.8) is 0 Å². The summed E-state index contributed by atoms with van der Waals surface area (Å²) in [5, 5.41) is 0.466. The largest absolute Gasteiger partial charge is 0.280 e. The van der Waals surface area contributed by atoms with Crippen molar-refractivity contribution in [2.24, 2.45) is 0 Å². The summed E-state index contributed by atoms with van der Waals surface area (Å²) in [6, 6.07) is 26.8. The maximum absolute atomic E-state index is 12.8. The Morgan fingerprint density at radius 1 is 0.857 bits per heavy atom. The Bertz CT molecular complexity index is 1120. The third kappa shape index (κ3) is 3.69. The number of fused-ring (bicyclic) bond motifs is 1. The first-order valence-electron chi connectivity index (χ1n) is 9.08. The monoisotopic (exact) mass is 369 g/mol. The van der Waals surface area contributed by atoms with Crippen molar-refractivity contribution in [3.8, 4) is 0 Å². The summed E-state index contributed by atoms with van der Waals surface area (Å²) in [4.78, 5) is 29.6. The van der Waals surface area contributed by atoms with Gasteiger partial charge in [0, 0.05) is 12.3 Å². The SMILES string of the molecule is O=C(CC(c1ccccc1)c1ccccc1)Nn1cnc2ccccc2c1=O. The molecular weight excluding hydrogens is 350 g/mol. The van der Waals surface area contributed by atoms with Crippen molar-refractivity contribution in [2.75, 3.05) is 5.43 Å². The van der Waals surface area contributed by atoms with Gasteiger partial charge in [0.1, 0.15) is 6.33 Å². The number of nitrogens with one attached hydrogen (secondary N) is 1. The van der Waals surface area contributed by atoms with Gasteiger partial charge in [0.05, 0.1) is 10.9 Å². The average Bonchev–Trinajstić information content (AvgIpc) is 2.75. The minimum absolute atomic E-state index is 0.105. The van der Waals surface area contributed by atoms with Gasteiger partial charge in [-0.1, -0.05) is 72.8 Å². The Morgan fingerprint density at radius 3 is 2.07 bits per heavy atom. The molecule has 0 aliphatic heterocycles. The molecule has 0 bridgehead atoms. The summed E-state index contributed by atoms with van der Waals surface area (Å²) < 4.78 is 1.15. The number of nitrogens with zero attached hydrogens (tertiary/aromatic N) is 2. The number of amides is 1. The second kappa shape index (κ2) is 7.88. The molecule has 1 heterocycles. The molecule has 0 spiro atoms. The van der Waals surface area contributed by atoms with E-state index < -0.39 is 0 Å². The first-order valence-corrected chi connectivity index (χ1v) is 9.08. The van der Waals surface area contributed by atoms with E-state index in [0.717, 1.165) is 15.8 Å². The molecule has 4 rings (SSSR count). The van der Waals surface area contributed by atoms with E-state index in [0.29, 0.717) is 10.9 Å². The summed E-state index contributed by atoms with van der Waals surface area (Å²) in [5.74, 6) is -0.358. The van der Waals surface area contributed by atoms with Crippen LogP contribution in [0.3, 0.4) is 0 Å². The lowest BCUT2D eigenvalue weighted by Gasteiger charge is -2.18. The fraction of sp³-hybridized carbons (Fsp3) is 0.0870. The van der Waals surface area contributed by atoms with Gasteiger partial charge in [-0.05, 0) is 23.3 Å². The Labute approximate surface area is 162 Å². The van der Waals surface area contributed by atoms with Crippen LogP contribution in [-0.4, -0.2) is 15.6 Å². The lowest BCUT2D eigenvalue weighted by molar-refractivity contribution is -0.117. The number of benzene rings is 3. The zero-order valence-electron chi connectivity index (χ0n) is 15.2. The highest BCUT2D eigenvalue weighted by atomic mass is 16.2. The first kappa shape index (κ1) is 17.7. The number of aromatic nitrogens is 2. The Hall–Kier alpha value is -3.73. The maximum Gasteiger partial charge on any atom is 0.280 e. The Morgan fingerprint density at radius 2 is 1.43 bits per heavy atom. The predicted molar refractivity (Wildman–Crippen MR) is 110 cm³/mol. The number of hydrogen-bond donors (Lipinski definition) is 1. The van der Waals surface area contributed by atoms with Gasteiger partial charge in [-0.25, -0.2) is 9.66 Å². The topological polar surface area (TPSA) is 64.0 Å². The zero-order chi connectivity index (χ0) is 19.3. The molecule has 28 heavy (non-hydrogen) atoms. The van der Waals surface area contributed by atoms with Gasteiger partial charge < -0.3 is 0 Å². The van der Waals surface area contributed by atoms with Crippen molar-refractivity contribution in [1.29, 1.82) is 0 Å². The molecule has 138 valence electrons. The number of para-hydroxylation sites is 1. The van der Waals surface area contributed by atoms with Gasteiger partial charge in [-0.3, -0.25) is 15.0 Å². The molecule has 1 amide bonds. The molecule has 1 N–H and O–H groups in total. The number of hydrogen-bond acceptors (Lipinski definition) is 3. The van der Waals surface area contributed by atoms with Crippen molar-refractivity contribution in [2.45, 2.75) is 12.3 Å². The van der Waals surface area contributed by atoms with Crippen molar-refractivity contribution in [1.82, 2.24) is 9.66 Å². The van der Waals surface area contributed by atoms with Crippen molar-refractivity contribution < 1.29 is 4.79 Å². The number of carbonyl (C=O) groups excluding carboxylic acids is 1. The van der Waals surface area contributed by atoms with E-state index >= 15 is 0 Å². The Balaban J connectivity index is 1.60. The minimum atomic E-state index is -0.296. The van der Waals surface area contributed by atoms with Crippen LogP contribution in [0, 0.1) is 0 Å². The normalized spacial score (nSPS) is 10.9. The van der Waals surface area contributed by atoms with Crippen LogP contribution >= 0.6 is 0 Å². The highest BCUT2D eigenvalue weighted by Gasteiger charge is 2.18. The van der Waals surface area contributed by atoms with E-state index in [1.54, 1.807) is 18.2 Å². The van der Waals surface area contributed by atoms with Crippen LogP contribution in [-0.2, 0) is 4.79 Å². The second-order valence-corrected chi connectivity index (χ2v) is 6.55. The van der Waals surface area contributed by atoms with Gasteiger partial charge in [-0.15, -0.1) is 0 Å². The van der Waals surface area contributed by atoms with Crippen LogP contribution in [0.5, 0.6) is 0 Å². The third-order valence-corrected chi connectivity index (χ3v) is 4.70. The van der Waals surface area contributed by atoms with Crippen LogP contribution in [0.4, 0.5) is 0 Å². The standard InChI is InChI=1S/C23H19N3O2/c27-22(25-26-16-24-21-14-8-7-13-19(21)23(26)28)15-20(17-9-3-1-4-10-17)18-11-5-2-6-12-18/h1-14,16,20H,15H2,(H,25,27). The third-order valence-electron chi connectivity index (χ3n) is 4.70. The van der Waals surface area contributed by atoms with Crippen LogP contribution in [0.25, 0.3) is 10.9 Å². The van der Waals surface area contributed by atoms with Gasteiger partial charge >= 0.3 is 0 Å². The van der Waals surface area contributed by atoms with E-state index in [4.69, 9.17) is 0 Å². The van der Waals surface area contributed by atoms with E-state index in [9.17, 15) is 9.59 Å². The number of rotatable bonds is 5. The highest BCUT2D eigenvalue weighted by Crippen LogP contribution is 2.27. The smallest absolute Gasteiger partial charge is 0.273 e. The molecular formula is C23H19N3O2. The quantitative estimate of drug-likeness (QED) is 0.584. The zero-order valence-corrected chi connectivity index (χ0v) is 15.2. The fourth-order valence-corrected chi connectivity index (χ4v) is 3.31. The molecule has 4 aromatic rings. The first-order chi connectivity index (χ1) is 13.7. The molecule has 0 saturated heterocycles. The summed E-state index contributed by atoms with van der Waals surface area (Å²) in [7, 11) is 0. The molecule has 0 saturated carbocycles. The fourth-order valence-electron chi connectivity index (χ4n) is 3.31. The average molecular weight is 369 g/mol. The van der Waals surface area contributed by atoms with Gasteiger partial charge in [-0.2, -0.15) is 0 Å². The lowest BCUT2D eigenvalue weighted by Crippen LogP contribution is -2.33. The maximum atomic E-state index is 12.8. The van der Waals surface area contributed by atoms with E-state index in [1.807, 2.05) is 66.7 Å². The molecule has 0 unspecified atom stereocenters. The predicted octanol–water partition coefficient (Wildman–Crippen LogP) is 3.69. The van der Waals surface area contributed by atoms with Crippen LogP contribution in [0.1, 0.15) is 23.5 Å². The molecule has 1 aromatic heterocycles. The molecule has 0 aliphatic carbocycles. The van der Waals surface area contributed by atoms with Crippen LogP contribution < -0.4 is 11.0 Å². The molecule has 3 aromatic carbocycles. The lowest BCUT2D eigenvalue weighted by atomic mass is 9.88. The van der Waals surface area contributed by atoms with Crippen LogP contribution in [0.2, 0.25) is 0 Å². The molecule has 0 atom stereocenters. The molecule has 5 heteroatoms.